The van der Waals surface area contributed by atoms with Crippen LogP contribution in [-0.4, -0.2) is 0 Å². The number of hydrogen-bond donors (Lipinski definition) is 0. The van der Waals surface area contributed by atoms with E-state index >= 15 is 0 Å². The lowest BCUT2D eigenvalue weighted by molar-refractivity contribution is 0.768. The van der Waals surface area contributed by atoms with Gasteiger partial charge in [-0.25, -0.2) is 0 Å². The van der Waals surface area contributed by atoms with Gasteiger partial charge in [0, 0.05) is 17.1 Å². The second-order valence-corrected chi connectivity index (χ2v) is 14.5. The van der Waals surface area contributed by atoms with Gasteiger partial charge in [0.05, 0.1) is 5.41 Å². The largest absolute Gasteiger partial charge is 0.310 e. The second kappa shape index (κ2) is 14.2. The third-order valence-corrected chi connectivity index (χ3v) is 11.4. The zero-order chi connectivity index (χ0) is 37.3. The number of hydrogen-bond acceptors (Lipinski definition) is 1. The molecule has 0 bridgehead atoms. The first kappa shape index (κ1) is 33.4. The van der Waals surface area contributed by atoms with E-state index in [9.17, 15) is 0 Å². The summed E-state index contributed by atoms with van der Waals surface area (Å²) in [4.78, 5) is 2.42. The molecular weight excluding hydrogens is 675 g/mol. The molecule has 1 aliphatic carbocycles. The molecule has 0 atom stereocenters. The van der Waals surface area contributed by atoms with Crippen molar-refractivity contribution >= 4 is 17.1 Å². The summed E-state index contributed by atoms with van der Waals surface area (Å²) in [5.74, 6) is 0. The lowest BCUT2D eigenvalue weighted by atomic mass is 9.67. The molecule has 9 aromatic rings. The molecule has 0 aromatic heterocycles. The predicted octanol–water partition coefficient (Wildman–Crippen LogP) is 14.5. The summed E-state index contributed by atoms with van der Waals surface area (Å²) >= 11 is 0. The molecule has 0 radical (unpaired) electrons. The van der Waals surface area contributed by atoms with Crippen molar-refractivity contribution in [2.24, 2.45) is 0 Å². The maximum Gasteiger partial charge on any atom is 0.0714 e. The van der Waals surface area contributed by atoms with E-state index < -0.39 is 5.41 Å². The zero-order valence-corrected chi connectivity index (χ0v) is 31.0. The van der Waals surface area contributed by atoms with Crippen LogP contribution in [0.4, 0.5) is 17.1 Å². The SMILES string of the molecule is c1ccc(-c2ccc(-c3ccc(N(c4ccccc4)c4ccc5c(c4)C(c4ccccc4)(c4ccccc4)c4ccccc4-5)cc3-c3ccccc3)cc2)cc1. The molecule has 0 aliphatic heterocycles. The summed E-state index contributed by atoms with van der Waals surface area (Å²) in [6.45, 7) is 0. The molecule has 1 nitrogen and oxygen atoms in total. The Balaban J connectivity index is 1.17. The third kappa shape index (κ3) is 5.65. The van der Waals surface area contributed by atoms with Gasteiger partial charge in [0.15, 0.2) is 0 Å². The quantitative estimate of drug-likeness (QED) is 0.152. The Labute approximate surface area is 329 Å². The maximum absolute atomic E-state index is 2.45. The fourth-order valence-corrected chi connectivity index (χ4v) is 8.85. The van der Waals surface area contributed by atoms with Crippen molar-refractivity contribution in [3.05, 3.63) is 259 Å². The monoisotopic (exact) mass is 713 g/mol. The highest BCUT2D eigenvalue weighted by atomic mass is 15.1. The van der Waals surface area contributed by atoms with Gasteiger partial charge in [-0.2, -0.15) is 0 Å². The van der Waals surface area contributed by atoms with Crippen LogP contribution in [0.15, 0.2) is 237 Å². The van der Waals surface area contributed by atoms with Gasteiger partial charge in [-0.1, -0.05) is 200 Å². The topological polar surface area (TPSA) is 3.24 Å². The van der Waals surface area contributed by atoms with E-state index in [1.165, 1.54) is 66.8 Å². The molecule has 0 saturated carbocycles. The number of benzene rings is 9. The lowest BCUT2D eigenvalue weighted by Crippen LogP contribution is -2.28. The highest BCUT2D eigenvalue weighted by molar-refractivity contribution is 5.92. The third-order valence-electron chi connectivity index (χ3n) is 11.4. The Morgan fingerprint density at radius 2 is 0.679 bits per heavy atom. The molecule has 0 fully saturated rings. The van der Waals surface area contributed by atoms with Crippen LogP contribution in [0.2, 0.25) is 0 Å². The molecule has 0 saturated heterocycles. The molecule has 0 spiro atoms. The number of para-hydroxylation sites is 1. The molecule has 9 aromatic carbocycles. The highest BCUT2D eigenvalue weighted by Crippen LogP contribution is 2.57. The smallest absolute Gasteiger partial charge is 0.0714 e. The van der Waals surface area contributed by atoms with Crippen LogP contribution in [0, 0.1) is 0 Å². The van der Waals surface area contributed by atoms with Gasteiger partial charge in [0.25, 0.3) is 0 Å². The molecular formula is C55H39N. The van der Waals surface area contributed by atoms with Crippen molar-refractivity contribution in [2.45, 2.75) is 5.41 Å². The summed E-state index contributed by atoms with van der Waals surface area (Å²) in [6.07, 6.45) is 0. The lowest BCUT2D eigenvalue weighted by Gasteiger charge is -2.35. The number of rotatable bonds is 8. The van der Waals surface area contributed by atoms with Gasteiger partial charge in [-0.3, -0.25) is 0 Å². The first-order chi connectivity index (χ1) is 27.8. The minimum atomic E-state index is -0.488. The van der Waals surface area contributed by atoms with E-state index in [0.717, 1.165) is 17.1 Å². The van der Waals surface area contributed by atoms with Crippen molar-refractivity contribution in [2.75, 3.05) is 4.90 Å². The number of nitrogens with zero attached hydrogens (tertiary/aromatic N) is 1. The molecule has 0 N–H and O–H groups in total. The Morgan fingerprint density at radius 3 is 1.30 bits per heavy atom. The molecule has 0 unspecified atom stereocenters. The Kier molecular flexibility index (Phi) is 8.46. The molecule has 1 aliphatic rings. The maximum atomic E-state index is 2.45. The van der Waals surface area contributed by atoms with Gasteiger partial charge in [0.1, 0.15) is 0 Å². The Hall–Kier alpha value is -7.22. The fraction of sp³-hybridized carbons (Fsp3) is 0.0182. The van der Waals surface area contributed by atoms with E-state index in [1.54, 1.807) is 0 Å². The molecule has 10 rings (SSSR count). The van der Waals surface area contributed by atoms with Crippen molar-refractivity contribution in [3.8, 4) is 44.5 Å². The van der Waals surface area contributed by atoms with E-state index in [2.05, 4.69) is 241 Å². The van der Waals surface area contributed by atoms with Gasteiger partial charge in [0.2, 0.25) is 0 Å². The van der Waals surface area contributed by atoms with Gasteiger partial charge in [-0.15, -0.1) is 0 Å². The van der Waals surface area contributed by atoms with E-state index in [-0.39, 0.29) is 0 Å². The molecule has 264 valence electrons. The molecule has 1 heteroatoms. The minimum absolute atomic E-state index is 0.488. The summed E-state index contributed by atoms with van der Waals surface area (Å²) < 4.78 is 0. The van der Waals surface area contributed by atoms with E-state index in [1.807, 2.05) is 0 Å². The van der Waals surface area contributed by atoms with Crippen LogP contribution in [0.25, 0.3) is 44.5 Å². The average molecular weight is 714 g/mol. The van der Waals surface area contributed by atoms with Gasteiger partial charge < -0.3 is 4.90 Å². The normalized spacial score (nSPS) is 12.4. The number of fused-ring (bicyclic) bond motifs is 3. The number of anilines is 3. The van der Waals surface area contributed by atoms with Crippen LogP contribution in [-0.2, 0) is 5.41 Å². The standard InChI is InChI=1S/C55H39N/c1-6-18-40(19-7-1)41-30-32-43(33-31-41)49-36-34-47(38-52(49)42-20-8-2-9-21-42)56(46-26-14-5-15-27-46)48-35-37-51-50-28-16-17-29-53(50)55(54(51)39-48,44-22-10-3-11-23-44)45-24-12-4-13-25-45/h1-39H. The summed E-state index contributed by atoms with van der Waals surface area (Å²) in [5, 5.41) is 0. The first-order valence-electron chi connectivity index (χ1n) is 19.3. The average Bonchev–Trinajstić information content (AvgIpc) is 3.58. The van der Waals surface area contributed by atoms with Crippen LogP contribution < -0.4 is 4.90 Å². The molecule has 56 heavy (non-hydrogen) atoms. The first-order valence-corrected chi connectivity index (χ1v) is 19.3. The molecule has 0 heterocycles. The summed E-state index contributed by atoms with van der Waals surface area (Å²) in [6, 6.07) is 86.2. The van der Waals surface area contributed by atoms with Crippen LogP contribution in [0.3, 0.4) is 0 Å². The van der Waals surface area contributed by atoms with E-state index in [4.69, 9.17) is 0 Å². The van der Waals surface area contributed by atoms with Gasteiger partial charge >= 0.3 is 0 Å². The summed E-state index contributed by atoms with van der Waals surface area (Å²) in [5.41, 5.74) is 17.7. The zero-order valence-electron chi connectivity index (χ0n) is 31.0. The molecule has 0 amide bonds. The van der Waals surface area contributed by atoms with Crippen molar-refractivity contribution in [1.82, 2.24) is 0 Å². The van der Waals surface area contributed by atoms with Gasteiger partial charge in [-0.05, 0) is 103 Å². The Morgan fingerprint density at radius 1 is 0.250 bits per heavy atom. The fourth-order valence-electron chi connectivity index (χ4n) is 8.85. The van der Waals surface area contributed by atoms with Crippen molar-refractivity contribution < 1.29 is 0 Å². The van der Waals surface area contributed by atoms with Crippen molar-refractivity contribution in [3.63, 3.8) is 0 Å². The van der Waals surface area contributed by atoms with Crippen LogP contribution >= 0.6 is 0 Å². The van der Waals surface area contributed by atoms with Crippen LogP contribution in [0.5, 0.6) is 0 Å². The predicted molar refractivity (Wildman–Crippen MR) is 235 cm³/mol. The second-order valence-electron chi connectivity index (χ2n) is 14.5. The summed E-state index contributed by atoms with van der Waals surface area (Å²) in [7, 11) is 0. The Bertz CT molecular complexity index is 2720. The van der Waals surface area contributed by atoms with Crippen LogP contribution in [0.1, 0.15) is 22.3 Å². The minimum Gasteiger partial charge on any atom is -0.310 e. The van der Waals surface area contributed by atoms with E-state index in [0.29, 0.717) is 0 Å². The highest BCUT2D eigenvalue weighted by Gasteiger charge is 2.46. The van der Waals surface area contributed by atoms with Crippen molar-refractivity contribution in [1.29, 1.82) is 0 Å².